The summed E-state index contributed by atoms with van der Waals surface area (Å²) in [5.74, 6) is 0.729. The normalized spacial score (nSPS) is 14.9. The molecule has 0 spiro atoms. The van der Waals surface area contributed by atoms with Gasteiger partial charge in [0.05, 0.1) is 0 Å². The summed E-state index contributed by atoms with van der Waals surface area (Å²) in [7, 11) is -0.319. The molecule has 1 unspecified atom stereocenters. The summed E-state index contributed by atoms with van der Waals surface area (Å²) in [6.07, 6.45) is 7.95. The average Bonchev–Trinajstić information content (AvgIpc) is 2.82. The Bertz CT molecular complexity index is 633. The van der Waals surface area contributed by atoms with Crippen molar-refractivity contribution < 1.29 is 57.7 Å². The Morgan fingerprint density at radius 3 is 2.11 bits per heavy atom. The molecule has 0 bridgehead atoms. The van der Waals surface area contributed by atoms with Crippen LogP contribution in [0.25, 0.3) is 0 Å². The van der Waals surface area contributed by atoms with Crippen molar-refractivity contribution in [3.8, 4) is 0 Å². The molecule has 0 heterocycles. The largest absolute Gasteiger partial charge is 1.00 e. The molecule has 0 N–H and O–H groups in total. The van der Waals surface area contributed by atoms with E-state index < -0.39 is 0 Å². The third-order valence-corrected chi connectivity index (χ3v) is 8.69. The molecule has 2 rings (SSSR count). The maximum absolute atomic E-state index is 2.43. The molecule has 5 heteroatoms. The van der Waals surface area contributed by atoms with E-state index in [0.29, 0.717) is 0 Å². The van der Waals surface area contributed by atoms with Gasteiger partial charge in [-0.2, -0.15) is 0 Å². The Balaban J connectivity index is 0. The van der Waals surface area contributed by atoms with Crippen LogP contribution in [0.5, 0.6) is 0 Å². The summed E-state index contributed by atoms with van der Waals surface area (Å²) < 4.78 is 1.67. The molecule has 0 nitrogen and oxygen atoms in total. The van der Waals surface area contributed by atoms with E-state index in [-0.39, 0.29) is 46.7 Å². The first-order chi connectivity index (χ1) is 11.5. The van der Waals surface area contributed by atoms with Crippen molar-refractivity contribution in [3.05, 3.63) is 49.5 Å². The summed E-state index contributed by atoms with van der Waals surface area (Å²) in [4.78, 5) is 0. The van der Waals surface area contributed by atoms with Gasteiger partial charge in [0.15, 0.2) is 0 Å². The SMILES string of the molecule is CCCCCC1=C(C(C)CC)[C]([Ti+3])=C([SiH2]c2cc(C)cc(C)c2)C1.[Cl-].[Cl-].[Cl-]. The second kappa shape index (κ2) is 14.5. The van der Waals surface area contributed by atoms with Gasteiger partial charge in [0.1, 0.15) is 0 Å². The molecule has 0 aromatic heterocycles. The maximum Gasteiger partial charge on any atom is -1.00 e. The van der Waals surface area contributed by atoms with Crippen LogP contribution in [0, 0.1) is 19.8 Å². The van der Waals surface area contributed by atoms with E-state index in [1.165, 1.54) is 49.7 Å². The van der Waals surface area contributed by atoms with E-state index in [1.54, 1.807) is 20.2 Å². The predicted molar refractivity (Wildman–Crippen MR) is 106 cm³/mol. The molecule has 1 aliphatic carbocycles. The van der Waals surface area contributed by atoms with Crippen molar-refractivity contribution in [2.75, 3.05) is 0 Å². The average molecular weight is 480 g/mol. The number of hydrogen-bond donors (Lipinski definition) is 0. The summed E-state index contributed by atoms with van der Waals surface area (Å²) in [5, 5.41) is 3.43. The minimum Gasteiger partial charge on any atom is -1.00 e. The fourth-order valence-electron chi connectivity index (χ4n) is 3.99. The van der Waals surface area contributed by atoms with Crippen LogP contribution in [-0.2, 0) is 20.4 Å². The summed E-state index contributed by atoms with van der Waals surface area (Å²) >= 11 is 2.42. The number of unbranched alkanes of at least 4 members (excludes halogenated alkanes) is 2. The van der Waals surface area contributed by atoms with Gasteiger partial charge in [-0.1, -0.05) is 0 Å². The number of allylic oxidation sites excluding steroid dienone is 4. The summed E-state index contributed by atoms with van der Waals surface area (Å²) in [6.45, 7) is 11.5. The zero-order valence-corrected chi connectivity index (χ0v) is 22.6. The standard InChI is InChI=1S/C22H33Si.3ClH.Ti/c1-6-8-9-10-19-14-21(15-22(19)18(5)7-2)23-20-12-16(3)11-17(4)13-20;;;;/h11-13,18H,6-10,14,23H2,1-5H3;3*1H;/q;;;;+3/p-3. The third-order valence-electron chi connectivity index (χ3n) is 5.32. The molecular formula is C22H33Cl3SiTi. The monoisotopic (exact) mass is 478 g/mol. The van der Waals surface area contributed by atoms with Crippen LogP contribution in [0.3, 0.4) is 0 Å². The molecule has 0 saturated carbocycles. The molecule has 0 amide bonds. The fraction of sp³-hybridized carbons (Fsp3) is 0.545. The Morgan fingerprint density at radius 1 is 1.00 bits per heavy atom. The number of rotatable bonds is 8. The van der Waals surface area contributed by atoms with Gasteiger partial charge in [-0.25, -0.2) is 0 Å². The number of benzene rings is 1. The van der Waals surface area contributed by atoms with Crippen molar-refractivity contribution >= 4 is 14.7 Å². The van der Waals surface area contributed by atoms with Gasteiger partial charge in [0.25, 0.3) is 0 Å². The van der Waals surface area contributed by atoms with Gasteiger partial charge in [-0.3, -0.25) is 0 Å². The Kier molecular flexibility index (Phi) is 15.9. The van der Waals surface area contributed by atoms with Gasteiger partial charge >= 0.3 is 164 Å². The van der Waals surface area contributed by atoms with Gasteiger partial charge in [0.2, 0.25) is 0 Å². The first-order valence-electron chi connectivity index (χ1n) is 9.69. The van der Waals surface area contributed by atoms with Crippen molar-refractivity contribution in [1.29, 1.82) is 0 Å². The number of hydrogen-bond acceptors (Lipinski definition) is 0. The molecule has 1 aliphatic rings. The van der Waals surface area contributed by atoms with Crippen LogP contribution in [0.15, 0.2) is 38.4 Å². The summed E-state index contributed by atoms with van der Waals surface area (Å²) in [5.41, 5.74) is 6.36. The molecule has 1 aromatic carbocycles. The van der Waals surface area contributed by atoms with Crippen LogP contribution in [-0.4, -0.2) is 9.52 Å². The maximum atomic E-state index is 2.43. The zero-order chi connectivity index (χ0) is 17.7. The van der Waals surface area contributed by atoms with Crippen molar-refractivity contribution in [1.82, 2.24) is 0 Å². The molecule has 0 fully saturated rings. The van der Waals surface area contributed by atoms with E-state index in [4.69, 9.17) is 0 Å². The van der Waals surface area contributed by atoms with Gasteiger partial charge in [-0.05, 0) is 0 Å². The summed E-state index contributed by atoms with van der Waals surface area (Å²) in [6, 6.07) is 7.15. The van der Waals surface area contributed by atoms with Crippen LogP contribution in [0.2, 0.25) is 0 Å². The second-order valence-electron chi connectivity index (χ2n) is 7.61. The third kappa shape index (κ3) is 8.41. The Labute approximate surface area is 199 Å². The molecule has 1 atom stereocenters. The second-order valence-corrected chi connectivity index (χ2v) is 10.4. The van der Waals surface area contributed by atoms with E-state index >= 15 is 0 Å². The van der Waals surface area contributed by atoms with E-state index in [9.17, 15) is 0 Å². The van der Waals surface area contributed by atoms with Gasteiger partial charge in [0, 0.05) is 0 Å². The Morgan fingerprint density at radius 2 is 1.59 bits per heavy atom. The van der Waals surface area contributed by atoms with Gasteiger partial charge in [-0.15, -0.1) is 0 Å². The molecule has 0 aliphatic heterocycles. The molecular weight excluding hydrogens is 447 g/mol. The quantitative estimate of drug-likeness (QED) is 0.265. The van der Waals surface area contributed by atoms with Crippen molar-refractivity contribution in [2.45, 2.75) is 73.1 Å². The molecule has 0 saturated heterocycles. The minimum atomic E-state index is -0.319. The zero-order valence-electron chi connectivity index (χ0n) is 17.4. The molecule has 27 heavy (non-hydrogen) atoms. The number of aryl methyl sites for hydroxylation is 2. The van der Waals surface area contributed by atoms with Crippen LogP contribution in [0.1, 0.15) is 70.4 Å². The predicted octanol–water partition coefficient (Wildman–Crippen LogP) is -3.81. The first kappa shape index (κ1) is 29.7. The smallest absolute Gasteiger partial charge is 1.00 e. The van der Waals surface area contributed by atoms with Crippen molar-refractivity contribution in [3.63, 3.8) is 0 Å². The topological polar surface area (TPSA) is 0 Å². The fourth-order valence-corrected chi connectivity index (χ4v) is 7.33. The first-order valence-corrected chi connectivity index (χ1v) is 11.9. The van der Waals surface area contributed by atoms with Crippen molar-refractivity contribution in [2.24, 2.45) is 5.92 Å². The van der Waals surface area contributed by atoms with E-state index in [2.05, 4.69) is 73.3 Å². The molecule has 0 radical (unpaired) electrons. The van der Waals surface area contributed by atoms with Gasteiger partial charge < -0.3 is 37.2 Å². The minimum absolute atomic E-state index is 0. The van der Waals surface area contributed by atoms with Crippen LogP contribution >= 0.6 is 0 Å². The van der Waals surface area contributed by atoms with E-state index in [0.717, 1.165) is 5.92 Å². The van der Waals surface area contributed by atoms with Crippen LogP contribution < -0.4 is 42.4 Å². The molecule has 1 aromatic rings. The Hall–Kier alpha value is 0.501. The number of halogens is 3. The molecule has 150 valence electrons. The van der Waals surface area contributed by atoms with Crippen LogP contribution in [0.4, 0.5) is 0 Å². The van der Waals surface area contributed by atoms with E-state index in [1.807, 2.05) is 5.20 Å².